The summed E-state index contributed by atoms with van der Waals surface area (Å²) in [5, 5.41) is 2.45. The molecule has 4 nitrogen and oxygen atoms in total. The van der Waals surface area contributed by atoms with Gasteiger partial charge in [-0.2, -0.15) is 0 Å². The van der Waals surface area contributed by atoms with Gasteiger partial charge in [-0.25, -0.2) is 8.42 Å². The summed E-state index contributed by atoms with van der Waals surface area (Å²) in [5.74, 6) is 0. The third-order valence-corrected chi connectivity index (χ3v) is 5.25. The Morgan fingerprint density at radius 1 is 1.28 bits per heavy atom. The largest absolute Gasteiger partial charge is 0.318 e. The Bertz CT molecular complexity index is 468. The monoisotopic (exact) mass is 270 g/mol. The molecule has 0 radical (unpaired) electrons. The molecule has 0 saturated carbocycles. The first-order valence-electron chi connectivity index (χ1n) is 6.14. The highest BCUT2D eigenvalue weighted by atomic mass is 32.2. The van der Waals surface area contributed by atoms with Crippen molar-refractivity contribution in [3.05, 3.63) is 29.8 Å². The van der Waals surface area contributed by atoms with E-state index in [4.69, 9.17) is 0 Å². The maximum Gasteiger partial charge on any atom is 0.238 e. The molecule has 1 N–H and O–H groups in total. The molecule has 0 saturated heterocycles. The third-order valence-electron chi connectivity index (χ3n) is 3.09. The Balaban J connectivity index is 2.94. The number of benzene rings is 1. The van der Waals surface area contributed by atoms with E-state index < -0.39 is 15.3 Å². The molecule has 1 aromatic rings. The predicted molar refractivity (Wildman–Crippen MR) is 76.5 cm³/mol. The third kappa shape index (κ3) is 3.23. The molecule has 0 fully saturated rings. The summed E-state index contributed by atoms with van der Waals surface area (Å²) in [7, 11) is 0.0488. The van der Waals surface area contributed by atoms with E-state index in [2.05, 4.69) is 12.2 Å². The highest BCUT2D eigenvalue weighted by molar-refractivity contribution is 7.93. The molecular weight excluding hydrogens is 248 g/mol. The van der Waals surface area contributed by atoms with Gasteiger partial charge < -0.3 is 5.32 Å². The average Bonchev–Trinajstić information content (AvgIpc) is 2.38. The second kappa shape index (κ2) is 6.20. The summed E-state index contributed by atoms with van der Waals surface area (Å²) in [6.07, 6.45) is 0.951. The molecule has 5 heteroatoms. The van der Waals surface area contributed by atoms with Crippen molar-refractivity contribution in [2.45, 2.75) is 25.5 Å². The molecule has 0 aliphatic heterocycles. The summed E-state index contributed by atoms with van der Waals surface area (Å²) in [5.41, 5.74) is 1.91. The molecule has 18 heavy (non-hydrogen) atoms. The molecule has 0 spiro atoms. The van der Waals surface area contributed by atoms with Crippen molar-refractivity contribution < 1.29 is 8.42 Å². The van der Waals surface area contributed by atoms with Crippen LogP contribution in [-0.4, -0.2) is 34.3 Å². The van der Waals surface area contributed by atoms with Crippen molar-refractivity contribution in [2.75, 3.05) is 24.9 Å². The van der Waals surface area contributed by atoms with E-state index in [9.17, 15) is 8.42 Å². The SMILES string of the molecule is CCc1ccc(N(C)S(=O)(=O)C(C)CNC)cc1. The summed E-state index contributed by atoms with van der Waals surface area (Å²) in [6, 6.07) is 7.62. The van der Waals surface area contributed by atoms with Gasteiger partial charge in [0.05, 0.1) is 10.9 Å². The lowest BCUT2D eigenvalue weighted by Gasteiger charge is -2.23. The van der Waals surface area contributed by atoms with Gasteiger partial charge in [-0.15, -0.1) is 0 Å². The van der Waals surface area contributed by atoms with Crippen LogP contribution in [-0.2, 0) is 16.4 Å². The van der Waals surface area contributed by atoms with Crippen LogP contribution in [0.2, 0.25) is 0 Å². The van der Waals surface area contributed by atoms with E-state index in [1.54, 1.807) is 21.0 Å². The van der Waals surface area contributed by atoms with Gasteiger partial charge in [-0.05, 0) is 38.1 Å². The number of nitrogens with zero attached hydrogens (tertiary/aromatic N) is 1. The number of anilines is 1. The first-order chi connectivity index (χ1) is 8.43. The Kier molecular flexibility index (Phi) is 5.16. The van der Waals surface area contributed by atoms with Crippen molar-refractivity contribution in [1.29, 1.82) is 0 Å². The first kappa shape index (κ1) is 15.0. The standard InChI is InChI=1S/C13H22N2O2S/c1-5-12-6-8-13(9-7-12)15(4)18(16,17)11(2)10-14-3/h6-9,11,14H,5,10H2,1-4H3. The molecule has 0 aliphatic carbocycles. The van der Waals surface area contributed by atoms with Gasteiger partial charge in [0.25, 0.3) is 0 Å². The molecule has 0 aliphatic rings. The lowest BCUT2D eigenvalue weighted by atomic mass is 10.1. The van der Waals surface area contributed by atoms with Crippen molar-refractivity contribution >= 4 is 15.7 Å². The maximum absolute atomic E-state index is 12.3. The highest BCUT2D eigenvalue weighted by Gasteiger charge is 2.25. The number of hydrogen-bond donors (Lipinski definition) is 1. The molecule has 0 heterocycles. The second-order valence-electron chi connectivity index (χ2n) is 4.40. The molecule has 1 unspecified atom stereocenters. The summed E-state index contributed by atoms with van der Waals surface area (Å²) >= 11 is 0. The van der Waals surface area contributed by atoms with Gasteiger partial charge in [0.15, 0.2) is 0 Å². The Labute approximate surface area is 110 Å². The minimum absolute atomic E-state index is 0.444. The quantitative estimate of drug-likeness (QED) is 0.854. The summed E-state index contributed by atoms with van der Waals surface area (Å²) in [4.78, 5) is 0. The van der Waals surface area contributed by atoms with Crippen molar-refractivity contribution in [3.8, 4) is 0 Å². The molecule has 1 atom stereocenters. The van der Waals surface area contributed by atoms with Gasteiger partial charge in [0.2, 0.25) is 10.0 Å². The van der Waals surface area contributed by atoms with Gasteiger partial charge in [-0.3, -0.25) is 4.31 Å². The average molecular weight is 270 g/mol. The Morgan fingerprint density at radius 3 is 2.28 bits per heavy atom. The van der Waals surface area contributed by atoms with Crippen LogP contribution in [0.4, 0.5) is 5.69 Å². The number of aryl methyl sites for hydroxylation is 1. The van der Waals surface area contributed by atoms with E-state index >= 15 is 0 Å². The van der Waals surface area contributed by atoms with Crippen LogP contribution >= 0.6 is 0 Å². The van der Waals surface area contributed by atoms with Crippen LogP contribution < -0.4 is 9.62 Å². The minimum atomic E-state index is -3.30. The van der Waals surface area contributed by atoms with Crippen LogP contribution in [0, 0.1) is 0 Å². The molecule has 1 rings (SSSR count). The van der Waals surface area contributed by atoms with Gasteiger partial charge >= 0.3 is 0 Å². The zero-order valence-electron chi connectivity index (χ0n) is 11.5. The first-order valence-corrected chi connectivity index (χ1v) is 7.65. The second-order valence-corrected chi connectivity index (χ2v) is 6.78. The van der Waals surface area contributed by atoms with E-state index in [1.165, 1.54) is 9.87 Å². The van der Waals surface area contributed by atoms with Crippen molar-refractivity contribution in [2.24, 2.45) is 0 Å². The Morgan fingerprint density at radius 2 is 1.83 bits per heavy atom. The number of sulfonamides is 1. The van der Waals surface area contributed by atoms with Crippen LogP contribution in [0.3, 0.4) is 0 Å². The fourth-order valence-corrected chi connectivity index (χ4v) is 3.08. The normalized spacial score (nSPS) is 13.3. The number of nitrogens with one attached hydrogen (secondary N) is 1. The van der Waals surface area contributed by atoms with E-state index in [-0.39, 0.29) is 0 Å². The molecule has 0 amide bonds. The molecular formula is C13H22N2O2S. The lowest BCUT2D eigenvalue weighted by Crippen LogP contribution is -2.39. The molecule has 1 aromatic carbocycles. The molecule has 102 valence electrons. The molecule has 0 bridgehead atoms. The van der Waals surface area contributed by atoms with Crippen molar-refractivity contribution in [3.63, 3.8) is 0 Å². The number of hydrogen-bond acceptors (Lipinski definition) is 3. The minimum Gasteiger partial charge on any atom is -0.318 e. The van der Waals surface area contributed by atoms with Crippen LogP contribution in [0.25, 0.3) is 0 Å². The topological polar surface area (TPSA) is 49.4 Å². The van der Waals surface area contributed by atoms with Gasteiger partial charge in [0.1, 0.15) is 0 Å². The van der Waals surface area contributed by atoms with E-state index in [0.29, 0.717) is 12.2 Å². The summed E-state index contributed by atoms with van der Waals surface area (Å²) in [6.45, 7) is 4.23. The zero-order chi connectivity index (χ0) is 13.8. The van der Waals surface area contributed by atoms with Crippen LogP contribution in [0.1, 0.15) is 19.4 Å². The van der Waals surface area contributed by atoms with E-state index in [1.807, 2.05) is 24.3 Å². The maximum atomic E-state index is 12.3. The fourth-order valence-electron chi connectivity index (χ4n) is 1.75. The van der Waals surface area contributed by atoms with Crippen LogP contribution in [0.15, 0.2) is 24.3 Å². The summed E-state index contributed by atoms with van der Waals surface area (Å²) < 4.78 is 25.9. The van der Waals surface area contributed by atoms with Crippen LogP contribution in [0.5, 0.6) is 0 Å². The lowest BCUT2D eigenvalue weighted by molar-refractivity contribution is 0.576. The smallest absolute Gasteiger partial charge is 0.238 e. The Hall–Kier alpha value is -1.07. The van der Waals surface area contributed by atoms with Crippen molar-refractivity contribution in [1.82, 2.24) is 5.32 Å². The predicted octanol–water partition coefficient (Wildman–Crippen LogP) is 1.62. The van der Waals surface area contributed by atoms with E-state index in [0.717, 1.165) is 6.42 Å². The fraction of sp³-hybridized carbons (Fsp3) is 0.538. The zero-order valence-corrected chi connectivity index (χ0v) is 12.3. The van der Waals surface area contributed by atoms with Gasteiger partial charge in [0, 0.05) is 13.6 Å². The molecule has 0 aromatic heterocycles. The number of rotatable bonds is 6. The van der Waals surface area contributed by atoms with Gasteiger partial charge in [-0.1, -0.05) is 19.1 Å². The highest BCUT2D eigenvalue weighted by Crippen LogP contribution is 2.19.